The Morgan fingerprint density at radius 3 is 2.19 bits per heavy atom. The van der Waals surface area contributed by atoms with Crippen LogP contribution in [0.1, 0.15) is 49.7 Å². The Morgan fingerprint density at radius 2 is 1.64 bits per heavy atom. The highest BCUT2D eigenvalue weighted by Gasteiger charge is 2.36. The van der Waals surface area contributed by atoms with Gasteiger partial charge in [0, 0.05) is 32.6 Å². The van der Waals surface area contributed by atoms with Crippen LogP contribution in [0.15, 0.2) is 29.3 Å². The maximum absolute atomic E-state index is 13.3. The Balaban J connectivity index is 1.36. The van der Waals surface area contributed by atoms with E-state index in [1.165, 1.54) is 10.9 Å². The fraction of sp³-hybridized carbons (Fsp3) is 0.542. The lowest BCUT2D eigenvalue weighted by atomic mass is 9.99. The number of nitrogens with zero attached hydrogens (tertiary/aromatic N) is 6. The number of alkyl halides is 3. The zero-order valence-corrected chi connectivity index (χ0v) is 20.7. The van der Waals surface area contributed by atoms with Crippen LogP contribution in [0.2, 0.25) is 0 Å². The molecule has 12 heteroatoms. The Morgan fingerprint density at radius 1 is 1.00 bits per heavy atom. The van der Waals surface area contributed by atoms with E-state index >= 15 is 0 Å². The van der Waals surface area contributed by atoms with Gasteiger partial charge in [-0.15, -0.1) is 10.2 Å². The first-order valence-electron chi connectivity index (χ1n) is 11.7. The van der Waals surface area contributed by atoms with E-state index in [2.05, 4.69) is 15.4 Å². The maximum Gasteiger partial charge on any atom is 0.416 e. The number of tetrazole rings is 1. The fourth-order valence-corrected chi connectivity index (χ4v) is 4.35. The molecule has 36 heavy (non-hydrogen) atoms. The van der Waals surface area contributed by atoms with Gasteiger partial charge in [0.25, 0.3) is 0 Å². The zero-order chi connectivity index (χ0) is 26.3. The zero-order valence-electron chi connectivity index (χ0n) is 20.7. The number of halogens is 3. The number of carbonyl (C=O) groups excluding carboxylic acids is 2. The summed E-state index contributed by atoms with van der Waals surface area (Å²) in [6.07, 6.45) is -4.42. The van der Waals surface area contributed by atoms with E-state index in [0.717, 1.165) is 23.3 Å². The summed E-state index contributed by atoms with van der Waals surface area (Å²) in [6.45, 7) is 8.85. The largest absolute Gasteiger partial charge is 0.444 e. The first kappa shape index (κ1) is 25.6. The van der Waals surface area contributed by atoms with Crippen molar-refractivity contribution in [2.24, 2.45) is 0 Å². The average molecular weight is 507 g/mol. The molecule has 0 bridgehead atoms. The lowest BCUT2D eigenvalue weighted by Crippen LogP contribution is -2.39. The van der Waals surface area contributed by atoms with Crippen molar-refractivity contribution in [1.82, 2.24) is 30.0 Å². The molecular weight excluding hydrogens is 477 g/mol. The molecule has 1 aromatic carbocycles. The lowest BCUT2D eigenvalue weighted by molar-refractivity contribution is -0.137. The van der Waals surface area contributed by atoms with Gasteiger partial charge in [0.05, 0.1) is 12.1 Å². The van der Waals surface area contributed by atoms with Crippen molar-refractivity contribution < 1.29 is 27.5 Å². The van der Waals surface area contributed by atoms with Crippen molar-refractivity contribution in [2.75, 3.05) is 26.2 Å². The van der Waals surface area contributed by atoms with Gasteiger partial charge in [0.1, 0.15) is 5.60 Å². The van der Waals surface area contributed by atoms with Crippen LogP contribution in [0.25, 0.3) is 0 Å². The first-order chi connectivity index (χ1) is 16.8. The van der Waals surface area contributed by atoms with Crippen LogP contribution in [-0.2, 0) is 28.7 Å². The van der Waals surface area contributed by atoms with Crippen LogP contribution < -0.4 is 0 Å². The Labute approximate surface area is 206 Å². The Bertz CT molecular complexity index is 1180. The number of carbonyl (C=O) groups is 2. The molecule has 0 saturated carbocycles. The summed E-state index contributed by atoms with van der Waals surface area (Å²) in [4.78, 5) is 29.8. The molecule has 2 amide bonds. The van der Waals surface area contributed by atoms with Crippen LogP contribution in [0, 0.1) is 6.92 Å². The summed E-state index contributed by atoms with van der Waals surface area (Å²) in [5.74, 6) is 0.326. The van der Waals surface area contributed by atoms with Gasteiger partial charge in [0.2, 0.25) is 5.91 Å². The van der Waals surface area contributed by atoms with E-state index in [4.69, 9.17) is 4.74 Å². The van der Waals surface area contributed by atoms with Gasteiger partial charge in [-0.1, -0.05) is 6.07 Å². The maximum atomic E-state index is 13.3. The fourth-order valence-electron chi connectivity index (χ4n) is 4.35. The Hall–Kier alpha value is -3.44. The number of amides is 2. The van der Waals surface area contributed by atoms with E-state index in [9.17, 15) is 22.8 Å². The third-order valence-electron chi connectivity index (χ3n) is 6.04. The highest BCUT2D eigenvalue weighted by molar-refractivity contribution is 5.78. The number of aryl methyl sites for hydroxylation is 2. The van der Waals surface area contributed by atoms with Crippen molar-refractivity contribution in [2.45, 2.75) is 58.9 Å². The molecule has 2 aromatic rings. The van der Waals surface area contributed by atoms with Crippen molar-refractivity contribution in [3.8, 4) is 0 Å². The molecule has 2 aliphatic rings. The van der Waals surface area contributed by atoms with Gasteiger partial charge in [-0.2, -0.15) is 18.0 Å². The molecule has 0 fully saturated rings. The minimum absolute atomic E-state index is 0.0222. The number of ether oxygens (including phenoxy) is 1. The number of hydrogen-bond acceptors (Lipinski definition) is 6. The molecule has 9 nitrogen and oxygen atoms in total. The van der Waals surface area contributed by atoms with Gasteiger partial charge in [-0.25, -0.2) is 4.79 Å². The highest BCUT2D eigenvalue weighted by atomic mass is 19.4. The standard InChI is InChI=1S/C24H29F3N6O3/c1-15-28-30-33(29-15)14-17-9-20(24(25,26)27)7-5-16(17)6-8-21(34)31-10-18-12-32(13-19(18)11-31)22(35)36-23(2,3)4/h5,7,9H,6,8,10-14H2,1-4H3. The van der Waals surface area contributed by atoms with Crippen molar-refractivity contribution in [3.63, 3.8) is 0 Å². The van der Waals surface area contributed by atoms with Crippen LogP contribution in [0.5, 0.6) is 0 Å². The molecule has 0 radical (unpaired) electrons. The van der Waals surface area contributed by atoms with Crippen LogP contribution >= 0.6 is 0 Å². The van der Waals surface area contributed by atoms with E-state index in [0.29, 0.717) is 43.1 Å². The lowest BCUT2D eigenvalue weighted by Gasteiger charge is -2.26. The van der Waals surface area contributed by atoms with Crippen LogP contribution in [-0.4, -0.2) is 73.8 Å². The SMILES string of the molecule is Cc1nnn(Cc2cc(C(F)(F)F)ccc2CCC(=O)N2CC3=C(C2)CN(C(=O)OC(C)(C)C)C3)n1. The predicted molar refractivity (Wildman–Crippen MR) is 123 cm³/mol. The average Bonchev–Trinajstić information content (AvgIpc) is 3.45. The molecule has 0 aliphatic carbocycles. The number of hydrogen-bond donors (Lipinski definition) is 0. The van der Waals surface area contributed by atoms with E-state index in [1.807, 2.05) is 20.8 Å². The molecule has 2 aliphatic heterocycles. The summed E-state index contributed by atoms with van der Waals surface area (Å²) < 4.78 is 45.3. The van der Waals surface area contributed by atoms with Crippen molar-refractivity contribution >= 4 is 12.0 Å². The third kappa shape index (κ3) is 6.03. The van der Waals surface area contributed by atoms with Crippen LogP contribution in [0.3, 0.4) is 0 Å². The molecule has 194 valence electrons. The Kier molecular flexibility index (Phi) is 6.80. The smallest absolute Gasteiger partial charge is 0.416 e. The van der Waals surface area contributed by atoms with Gasteiger partial charge in [-0.3, -0.25) is 4.79 Å². The van der Waals surface area contributed by atoms with Gasteiger partial charge >= 0.3 is 12.3 Å². The monoisotopic (exact) mass is 506 g/mol. The summed E-state index contributed by atoms with van der Waals surface area (Å²) >= 11 is 0. The summed E-state index contributed by atoms with van der Waals surface area (Å²) in [5.41, 5.74) is 1.76. The first-order valence-corrected chi connectivity index (χ1v) is 11.7. The molecule has 4 rings (SSSR count). The van der Waals surface area contributed by atoms with E-state index in [-0.39, 0.29) is 31.4 Å². The second kappa shape index (κ2) is 9.55. The van der Waals surface area contributed by atoms with Crippen molar-refractivity contribution in [1.29, 1.82) is 0 Å². The van der Waals surface area contributed by atoms with Gasteiger partial charge in [0.15, 0.2) is 5.82 Å². The number of rotatable bonds is 5. The molecule has 0 unspecified atom stereocenters. The van der Waals surface area contributed by atoms with Gasteiger partial charge in [-0.05, 0) is 73.7 Å². The summed E-state index contributed by atoms with van der Waals surface area (Å²) in [5, 5.41) is 11.7. The molecule has 0 saturated heterocycles. The normalized spacial score (nSPS) is 16.1. The second-order valence-electron chi connectivity index (χ2n) is 10.1. The molecule has 0 atom stereocenters. The summed E-state index contributed by atoms with van der Waals surface area (Å²) in [6, 6.07) is 3.52. The topological polar surface area (TPSA) is 93.5 Å². The third-order valence-corrected chi connectivity index (χ3v) is 6.04. The molecule has 0 N–H and O–H groups in total. The minimum atomic E-state index is -4.48. The molecule has 1 aromatic heterocycles. The quantitative estimate of drug-likeness (QED) is 0.578. The minimum Gasteiger partial charge on any atom is -0.444 e. The van der Waals surface area contributed by atoms with Crippen molar-refractivity contribution in [3.05, 3.63) is 51.9 Å². The second-order valence-corrected chi connectivity index (χ2v) is 10.1. The predicted octanol–water partition coefficient (Wildman–Crippen LogP) is 3.37. The number of benzene rings is 1. The van der Waals surface area contributed by atoms with Crippen LogP contribution in [0.4, 0.5) is 18.0 Å². The molecular formula is C24H29F3N6O3. The molecule has 0 spiro atoms. The van der Waals surface area contributed by atoms with E-state index < -0.39 is 17.3 Å². The molecule has 3 heterocycles. The van der Waals surface area contributed by atoms with Gasteiger partial charge < -0.3 is 14.5 Å². The highest BCUT2D eigenvalue weighted by Crippen LogP contribution is 2.32. The summed E-state index contributed by atoms with van der Waals surface area (Å²) in [7, 11) is 0. The van der Waals surface area contributed by atoms with E-state index in [1.54, 1.807) is 16.7 Å². The number of aromatic nitrogens is 4.